The second-order valence-corrected chi connectivity index (χ2v) is 4.96. The lowest BCUT2D eigenvalue weighted by atomic mass is 10.1. The molecule has 4 nitrogen and oxygen atoms in total. The third-order valence-electron chi connectivity index (χ3n) is 3.32. The van der Waals surface area contributed by atoms with E-state index in [-0.39, 0.29) is 12.3 Å². The van der Waals surface area contributed by atoms with Crippen LogP contribution in [0, 0.1) is 0 Å². The SMILES string of the molecule is CCCCCCCCCC(NN)C(OCC)OCC. The number of nitrogens with one attached hydrogen (secondary N) is 1. The minimum Gasteiger partial charge on any atom is -0.351 e. The zero-order chi connectivity index (χ0) is 14.3. The molecule has 0 aliphatic rings. The highest BCUT2D eigenvalue weighted by Gasteiger charge is 2.20. The van der Waals surface area contributed by atoms with Gasteiger partial charge in [-0.05, 0) is 20.3 Å². The smallest absolute Gasteiger partial charge is 0.173 e. The molecule has 0 rings (SSSR count). The Kier molecular flexibility index (Phi) is 14.1. The van der Waals surface area contributed by atoms with Gasteiger partial charge in [0, 0.05) is 13.2 Å². The van der Waals surface area contributed by atoms with Crippen LogP contribution in [0.3, 0.4) is 0 Å². The largest absolute Gasteiger partial charge is 0.351 e. The quantitative estimate of drug-likeness (QED) is 0.221. The van der Waals surface area contributed by atoms with Crippen LogP contribution in [-0.4, -0.2) is 25.5 Å². The van der Waals surface area contributed by atoms with Crippen LogP contribution < -0.4 is 11.3 Å². The van der Waals surface area contributed by atoms with Crippen molar-refractivity contribution in [2.24, 2.45) is 5.84 Å². The maximum Gasteiger partial charge on any atom is 0.173 e. The third-order valence-corrected chi connectivity index (χ3v) is 3.32. The predicted molar refractivity (Wildman–Crippen MR) is 80.8 cm³/mol. The summed E-state index contributed by atoms with van der Waals surface area (Å²) in [5.74, 6) is 5.60. The molecule has 0 spiro atoms. The lowest BCUT2D eigenvalue weighted by Crippen LogP contribution is -2.46. The van der Waals surface area contributed by atoms with Gasteiger partial charge in [0.1, 0.15) is 0 Å². The minimum atomic E-state index is -0.222. The lowest BCUT2D eigenvalue weighted by Gasteiger charge is -2.26. The Balaban J connectivity index is 3.71. The molecular formula is C15H34N2O2. The fourth-order valence-electron chi connectivity index (χ4n) is 2.23. The Morgan fingerprint density at radius 1 is 0.842 bits per heavy atom. The first-order chi connectivity index (χ1) is 9.29. The zero-order valence-electron chi connectivity index (χ0n) is 13.1. The Labute approximate surface area is 119 Å². The van der Waals surface area contributed by atoms with Gasteiger partial charge in [-0.3, -0.25) is 11.3 Å². The summed E-state index contributed by atoms with van der Waals surface area (Å²) in [6, 6.07) is 0.0931. The third kappa shape index (κ3) is 10.3. The number of rotatable bonds is 14. The predicted octanol–water partition coefficient (Wildman–Crippen LogP) is 3.36. The normalized spacial score (nSPS) is 13.1. The van der Waals surface area contributed by atoms with Crippen molar-refractivity contribution >= 4 is 0 Å². The van der Waals surface area contributed by atoms with Crippen molar-refractivity contribution in [2.45, 2.75) is 84.5 Å². The molecule has 3 N–H and O–H groups in total. The van der Waals surface area contributed by atoms with Crippen LogP contribution in [0.4, 0.5) is 0 Å². The number of nitrogens with two attached hydrogens (primary N) is 1. The Bertz CT molecular complexity index is 174. The van der Waals surface area contributed by atoms with E-state index in [4.69, 9.17) is 15.3 Å². The van der Waals surface area contributed by atoms with E-state index in [1.807, 2.05) is 13.8 Å². The van der Waals surface area contributed by atoms with Crippen LogP contribution in [0.25, 0.3) is 0 Å². The number of ether oxygens (including phenoxy) is 2. The maximum absolute atomic E-state index is 5.60. The van der Waals surface area contributed by atoms with Crippen LogP contribution >= 0.6 is 0 Å². The molecular weight excluding hydrogens is 240 g/mol. The molecule has 4 heteroatoms. The van der Waals surface area contributed by atoms with Crippen LogP contribution in [0.1, 0.15) is 72.1 Å². The van der Waals surface area contributed by atoms with Crippen LogP contribution in [0.15, 0.2) is 0 Å². The summed E-state index contributed by atoms with van der Waals surface area (Å²) in [5.41, 5.74) is 2.83. The van der Waals surface area contributed by atoms with Gasteiger partial charge in [-0.1, -0.05) is 51.9 Å². The van der Waals surface area contributed by atoms with Crippen molar-refractivity contribution < 1.29 is 9.47 Å². The van der Waals surface area contributed by atoms with Gasteiger partial charge in [-0.2, -0.15) is 0 Å². The van der Waals surface area contributed by atoms with E-state index < -0.39 is 0 Å². The molecule has 0 saturated carbocycles. The zero-order valence-corrected chi connectivity index (χ0v) is 13.1. The molecule has 0 aromatic heterocycles. The van der Waals surface area contributed by atoms with Crippen molar-refractivity contribution in [3.05, 3.63) is 0 Å². The summed E-state index contributed by atoms with van der Waals surface area (Å²) in [7, 11) is 0. The highest BCUT2D eigenvalue weighted by atomic mass is 16.7. The fourth-order valence-corrected chi connectivity index (χ4v) is 2.23. The van der Waals surface area contributed by atoms with Crippen molar-refractivity contribution in [1.82, 2.24) is 5.43 Å². The molecule has 1 atom stereocenters. The average molecular weight is 274 g/mol. The molecule has 1 unspecified atom stereocenters. The van der Waals surface area contributed by atoms with Gasteiger partial charge in [-0.25, -0.2) is 0 Å². The standard InChI is InChI=1S/C15H34N2O2/c1-4-7-8-9-10-11-12-13-14(17-16)15(18-5-2)19-6-3/h14-15,17H,4-13,16H2,1-3H3. The van der Waals surface area contributed by atoms with E-state index >= 15 is 0 Å². The van der Waals surface area contributed by atoms with Gasteiger partial charge >= 0.3 is 0 Å². The monoisotopic (exact) mass is 274 g/mol. The first-order valence-electron chi connectivity index (χ1n) is 7.99. The Morgan fingerprint density at radius 2 is 1.37 bits per heavy atom. The summed E-state index contributed by atoms with van der Waals surface area (Å²) in [6.07, 6.45) is 9.96. The van der Waals surface area contributed by atoms with Crippen molar-refractivity contribution in [3.63, 3.8) is 0 Å². The molecule has 0 amide bonds. The Morgan fingerprint density at radius 3 is 1.84 bits per heavy atom. The summed E-state index contributed by atoms with van der Waals surface area (Å²) in [5, 5.41) is 0. The summed E-state index contributed by atoms with van der Waals surface area (Å²) >= 11 is 0. The molecule has 0 radical (unpaired) electrons. The van der Waals surface area contributed by atoms with E-state index in [9.17, 15) is 0 Å². The van der Waals surface area contributed by atoms with Gasteiger partial charge < -0.3 is 9.47 Å². The molecule has 0 aromatic carbocycles. The van der Waals surface area contributed by atoms with Gasteiger partial charge in [0.2, 0.25) is 0 Å². The molecule has 0 aliphatic carbocycles. The second-order valence-electron chi connectivity index (χ2n) is 4.96. The second kappa shape index (κ2) is 14.3. The summed E-state index contributed by atoms with van der Waals surface area (Å²) in [4.78, 5) is 0. The summed E-state index contributed by atoms with van der Waals surface area (Å²) < 4.78 is 11.2. The van der Waals surface area contributed by atoms with Gasteiger partial charge in [-0.15, -0.1) is 0 Å². The van der Waals surface area contributed by atoms with E-state index in [0.717, 1.165) is 6.42 Å². The molecule has 0 heterocycles. The molecule has 116 valence electrons. The molecule has 0 aliphatic heterocycles. The number of hydrazine groups is 1. The van der Waals surface area contributed by atoms with Crippen LogP contribution in [0.5, 0.6) is 0 Å². The molecule has 0 fully saturated rings. The van der Waals surface area contributed by atoms with Crippen molar-refractivity contribution in [1.29, 1.82) is 0 Å². The maximum atomic E-state index is 5.60. The van der Waals surface area contributed by atoms with Gasteiger partial charge in [0.05, 0.1) is 6.04 Å². The number of hydrogen-bond donors (Lipinski definition) is 2. The molecule has 19 heavy (non-hydrogen) atoms. The first-order valence-corrected chi connectivity index (χ1v) is 7.99. The number of hydrogen-bond acceptors (Lipinski definition) is 4. The van der Waals surface area contributed by atoms with Crippen LogP contribution in [0.2, 0.25) is 0 Å². The first kappa shape index (κ1) is 18.8. The van der Waals surface area contributed by atoms with Gasteiger partial charge in [0.25, 0.3) is 0 Å². The van der Waals surface area contributed by atoms with Crippen LogP contribution in [-0.2, 0) is 9.47 Å². The van der Waals surface area contributed by atoms with E-state index in [2.05, 4.69) is 12.3 Å². The molecule has 0 bridgehead atoms. The van der Waals surface area contributed by atoms with Crippen molar-refractivity contribution in [2.75, 3.05) is 13.2 Å². The summed E-state index contributed by atoms with van der Waals surface area (Å²) in [6.45, 7) is 7.51. The number of unbranched alkanes of at least 4 members (excludes halogenated alkanes) is 6. The average Bonchev–Trinajstić information content (AvgIpc) is 2.42. The Hall–Kier alpha value is -0.160. The highest BCUT2D eigenvalue weighted by Crippen LogP contribution is 2.13. The highest BCUT2D eigenvalue weighted by molar-refractivity contribution is 4.68. The van der Waals surface area contributed by atoms with E-state index in [0.29, 0.717) is 13.2 Å². The van der Waals surface area contributed by atoms with E-state index in [1.165, 1.54) is 44.9 Å². The van der Waals surface area contributed by atoms with E-state index in [1.54, 1.807) is 0 Å². The topological polar surface area (TPSA) is 56.5 Å². The molecule has 0 aromatic rings. The minimum absolute atomic E-state index is 0.0931. The molecule has 0 saturated heterocycles. The van der Waals surface area contributed by atoms with Crippen molar-refractivity contribution in [3.8, 4) is 0 Å². The van der Waals surface area contributed by atoms with Gasteiger partial charge in [0.15, 0.2) is 6.29 Å². The fraction of sp³-hybridized carbons (Fsp3) is 1.00. The lowest BCUT2D eigenvalue weighted by molar-refractivity contribution is -0.155.